The fourth-order valence-corrected chi connectivity index (χ4v) is 1.90. The molecule has 0 saturated heterocycles. The van der Waals surface area contributed by atoms with E-state index in [4.69, 9.17) is 5.11 Å². The number of halogens is 3. The molecule has 0 aliphatic carbocycles. The Labute approximate surface area is 138 Å². The molecule has 5 nitrogen and oxygen atoms in total. The van der Waals surface area contributed by atoms with Crippen LogP contribution in [-0.4, -0.2) is 38.1 Å². The molecule has 0 atom stereocenters. The Bertz CT molecular complexity index is 720. The lowest BCUT2D eigenvalue weighted by molar-refractivity contribution is -0.137. The van der Waals surface area contributed by atoms with Crippen molar-refractivity contribution in [1.82, 2.24) is 19.4 Å². The van der Waals surface area contributed by atoms with Gasteiger partial charge in [0.25, 0.3) is 0 Å². The first-order chi connectivity index (χ1) is 11.3. The molecule has 2 heterocycles. The van der Waals surface area contributed by atoms with E-state index < -0.39 is 11.7 Å². The third kappa shape index (κ3) is 4.74. The van der Waals surface area contributed by atoms with Crippen LogP contribution in [0, 0.1) is 0 Å². The lowest BCUT2D eigenvalue weighted by Gasteiger charge is -2.08. The topological polar surface area (TPSA) is 54.2 Å². The van der Waals surface area contributed by atoms with Gasteiger partial charge in [-0.05, 0) is 12.1 Å². The van der Waals surface area contributed by atoms with E-state index in [1.165, 1.54) is 6.20 Å². The summed E-state index contributed by atoms with van der Waals surface area (Å²) >= 11 is 0. The summed E-state index contributed by atoms with van der Waals surface area (Å²) in [4.78, 5) is 9.71. The molecular formula is C16H21F3N4O. The summed E-state index contributed by atoms with van der Waals surface area (Å²) in [5.74, 6) is 0.503. The minimum absolute atomic E-state index is 0.195. The summed E-state index contributed by atoms with van der Waals surface area (Å²) in [6, 6.07) is 0.986. The van der Waals surface area contributed by atoms with Gasteiger partial charge in [0, 0.05) is 33.0 Å². The van der Waals surface area contributed by atoms with Crippen LogP contribution in [0.4, 0.5) is 13.2 Å². The van der Waals surface area contributed by atoms with Crippen molar-refractivity contribution in [3.8, 4) is 0 Å². The van der Waals surface area contributed by atoms with E-state index in [1.807, 2.05) is 13.8 Å². The first-order valence-corrected chi connectivity index (χ1v) is 7.40. The van der Waals surface area contributed by atoms with Crippen LogP contribution in [0.25, 0.3) is 17.2 Å². The molecule has 8 heteroatoms. The second kappa shape index (κ2) is 8.37. The quantitative estimate of drug-likeness (QED) is 0.854. The largest absolute Gasteiger partial charge is 0.514 e. The Hall–Kier alpha value is -2.51. The normalized spacial score (nSPS) is 12.0. The maximum Gasteiger partial charge on any atom is 0.417 e. The predicted molar refractivity (Wildman–Crippen MR) is 88.3 cm³/mol. The van der Waals surface area contributed by atoms with Gasteiger partial charge in [-0.15, -0.1) is 0 Å². The van der Waals surface area contributed by atoms with Gasteiger partial charge in [0.05, 0.1) is 11.8 Å². The summed E-state index contributed by atoms with van der Waals surface area (Å²) in [6.07, 6.45) is 2.25. The fourth-order valence-electron chi connectivity index (χ4n) is 1.90. The second-order valence-corrected chi connectivity index (χ2v) is 4.73. The standard InChI is InChI=1S/C14H15F3N4O.C2H6/c1-20(6-7-22)5-3-4-12-19-11-8-10(14(15,16)17)9-18-13(11)21(12)2;1-2/h3-4,6-9,22H,5H2,1-2H3;1-2H3/b4-3+,7-6+;. The van der Waals surface area contributed by atoms with Crippen LogP contribution in [0.5, 0.6) is 0 Å². The summed E-state index contributed by atoms with van der Waals surface area (Å²) in [5.41, 5.74) is -0.238. The Morgan fingerprint density at radius 1 is 1.33 bits per heavy atom. The highest BCUT2D eigenvalue weighted by atomic mass is 19.4. The first kappa shape index (κ1) is 19.5. The molecule has 0 aliphatic rings. The van der Waals surface area contributed by atoms with Crippen LogP contribution in [-0.2, 0) is 13.2 Å². The molecule has 2 rings (SSSR count). The number of aryl methyl sites for hydroxylation is 1. The zero-order valence-electron chi connectivity index (χ0n) is 14.0. The average Bonchev–Trinajstić information content (AvgIpc) is 2.85. The summed E-state index contributed by atoms with van der Waals surface area (Å²) in [5, 5.41) is 8.62. The Balaban J connectivity index is 0.00000139. The minimum atomic E-state index is -4.44. The van der Waals surface area contributed by atoms with E-state index in [0.29, 0.717) is 18.0 Å². The number of pyridine rings is 1. The van der Waals surface area contributed by atoms with Crippen molar-refractivity contribution in [3.63, 3.8) is 0 Å². The first-order valence-electron chi connectivity index (χ1n) is 7.40. The molecule has 0 bridgehead atoms. The third-order valence-corrected chi connectivity index (χ3v) is 3.05. The molecule has 2 aromatic heterocycles. The molecule has 1 N–H and O–H groups in total. The summed E-state index contributed by atoms with van der Waals surface area (Å²) < 4.78 is 39.6. The van der Waals surface area contributed by atoms with Gasteiger partial charge in [-0.1, -0.05) is 19.9 Å². The van der Waals surface area contributed by atoms with Crippen molar-refractivity contribution < 1.29 is 18.3 Å². The molecule has 132 valence electrons. The van der Waals surface area contributed by atoms with Crippen LogP contribution < -0.4 is 0 Å². The molecule has 0 saturated carbocycles. The van der Waals surface area contributed by atoms with E-state index in [1.54, 1.807) is 35.7 Å². The molecule has 0 aliphatic heterocycles. The fraction of sp³-hybridized carbons (Fsp3) is 0.375. The molecular weight excluding hydrogens is 321 g/mol. The zero-order valence-corrected chi connectivity index (χ0v) is 14.0. The number of fused-ring (bicyclic) bond motifs is 1. The maximum absolute atomic E-state index is 12.7. The molecule has 0 aromatic carbocycles. The molecule has 0 fully saturated rings. The number of aliphatic hydroxyl groups excluding tert-OH is 1. The van der Waals surface area contributed by atoms with Crippen LogP contribution in [0.2, 0.25) is 0 Å². The van der Waals surface area contributed by atoms with Crippen LogP contribution in [0.15, 0.2) is 30.8 Å². The van der Waals surface area contributed by atoms with Gasteiger partial charge >= 0.3 is 6.18 Å². The van der Waals surface area contributed by atoms with E-state index in [-0.39, 0.29) is 5.52 Å². The summed E-state index contributed by atoms with van der Waals surface area (Å²) in [6.45, 7) is 4.52. The van der Waals surface area contributed by atoms with E-state index in [2.05, 4.69) is 9.97 Å². The van der Waals surface area contributed by atoms with Crippen LogP contribution >= 0.6 is 0 Å². The third-order valence-electron chi connectivity index (χ3n) is 3.05. The minimum Gasteiger partial charge on any atom is -0.514 e. The Kier molecular flexibility index (Phi) is 6.82. The number of hydrogen-bond acceptors (Lipinski definition) is 4. The van der Waals surface area contributed by atoms with E-state index >= 15 is 0 Å². The van der Waals surface area contributed by atoms with Gasteiger partial charge < -0.3 is 14.6 Å². The Morgan fingerprint density at radius 2 is 2.00 bits per heavy atom. The van der Waals surface area contributed by atoms with Gasteiger partial charge in [-0.3, -0.25) is 0 Å². The number of imidazole rings is 1. The number of hydrogen-bond donors (Lipinski definition) is 1. The highest BCUT2D eigenvalue weighted by Crippen LogP contribution is 2.30. The number of aliphatic hydroxyl groups is 1. The number of rotatable bonds is 4. The predicted octanol–water partition coefficient (Wildman–Crippen LogP) is 3.99. The van der Waals surface area contributed by atoms with Crippen molar-refractivity contribution >= 4 is 17.2 Å². The van der Waals surface area contributed by atoms with Gasteiger partial charge in [0.15, 0.2) is 5.65 Å². The van der Waals surface area contributed by atoms with Crippen LogP contribution in [0.1, 0.15) is 25.2 Å². The lowest BCUT2D eigenvalue weighted by atomic mass is 10.2. The van der Waals surface area contributed by atoms with E-state index in [0.717, 1.165) is 18.5 Å². The number of alkyl halides is 3. The summed E-state index contributed by atoms with van der Waals surface area (Å²) in [7, 11) is 3.45. The molecule has 2 aromatic rings. The molecule has 0 amide bonds. The monoisotopic (exact) mass is 342 g/mol. The molecule has 0 radical (unpaired) electrons. The smallest absolute Gasteiger partial charge is 0.417 e. The van der Waals surface area contributed by atoms with Crippen molar-refractivity contribution in [1.29, 1.82) is 0 Å². The van der Waals surface area contributed by atoms with Gasteiger partial charge in [0.2, 0.25) is 0 Å². The van der Waals surface area contributed by atoms with Crippen molar-refractivity contribution in [2.24, 2.45) is 7.05 Å². The maximum atomic E-state index is 12.7. The van der Waals surface area contributed by atoms with E-state index in [9.17, 15) is 13.2 Å². The van der Waals surface area contributed by atoms with Crippen molar-refractivity contribution in [3.05, 3.63) is 42.2 Å². The lowest BCUT2D eigenvalue weighted by Crippen LogP contribution is -2.09. The van der Waals surface area contributed by atoms with Crippen LogP contribution in [0.3, 0.4) is 0 Å². The molecule has 0 spiro atoms. The SMILES string of the molecule is CC.CN(/C=C/O)C/C=C/c1nc2cc(C(F)(F)F)cnc2n1C. The highest BCUT2D eigenvalue weighted by molar-refractivity contribution is 5.74. The van der Waals surface area contributed by atoms with Crippen molar-refractivity contribution in [2.45, 2.75) is 20.0 Å². The average molecular weight is 342 g/mol. The van der Waals surface area contributed by atoms with Gasteiger partial charge in [0.1, 0.15) is 11.3 Å². The Morgan fingerprint density at radius 3 is 2.58 bits per heavy atom. The number of likely N-dealkylation sites (N-methyl/N-ethyl adjacent to an activating group) is 1. The molecule has 24 heavy (non-hydrogen) atoms. The number of nitrogens with zero attached hydrogens (tertiary/aromatic N) is 4. The van der Waals surface area contributed by atoms with Gasteiger partial charge in [-0.2, -0.15) is 13.2 Å². The number of aromatic nitrogens is 3. The zero-order chi connectivity index (χ0) is 18.3. The molecule has 0 unspecified atom stereocenters. The highest BCUT2D eigenvalue weighted by Gasteiger charge is 2.31. The second-order valence-electron chi connectivity index (χ2n) is 4.73. The van der Waals surface area contributed by atoms with Crippen molar-refractivity contribution in [2.75, 3.05) is 13.6 Å². The van der Waals surface area contributed by atoms with Gasteiger partial charge in [-0.25, -0.2) is 9.97 Å².